The molecule has 0 spiro atoms. The van der Waals surface area contributed by atoms with Crippen LogP contribution in [0.2, 0.25) is 5.02 Å². The standard InChI is InChI=1S/C21H21ClF3NO5/c1-11(2)30-17-8-5-13(9-18(17)29-4)20(28)31-12(3)19(27)26-14-6-7-16(22)15(10-14)21(23,24)25/h5-12H,1-4H3,(H,26,27). The number of methoxy groups -OCH3 is 1. The molecule has 0 aliphatic heterocycles. The van der Waals surface area contributed by atoms with Gasteiger partial charge in [-0.3, -0.25) is 4.79 Å². The van der Waals surface area contributed by atoms with Crippen LogP contribution in [0.5, 0.6) is 11.5 Å². The summed E-state index contributed by atoms with van der Waals surface area (Å²) in [5.41, 5.74) is -1.12. The average molecular weight is 460 g/mol. The maximum atomic E-state index is 13.0. The number of alkyl halides is 3. The molecule has 1 N–H and O–H groups in total. The SMILES string of the molecule is COc1cc(C(=O)OC(C)C(=O)Nc2ccc(Cl)c(C(F)(F)F)c2)ccc1OC(C)C. The Balaban J connectivity index is 2.08. The summed E-state index contributed by atoms with van der Waals surface area (Å²) >= 11 is 5.56. The van der Waals surface area contributed by atoms with E-state index in [0.29, 0.717) is 17.6 Å². The second-order valence-electron chi connectivity index (χ2n) is 6.76. The van der Waals surface area contributed by atoms with Crippen LogP contribution in [0, 0.1) is 0 Å². The Morgan fingerprint density at radius 1 is 1.03 bits per heavy atom. The Morgan fingerprint density at radius 2 is 1.71 bits per heavy atom. The molecule has 0 bridgehead atoms. The van der Waals surface area contributed by atoms with E-state index in [1.165, 1.54) is 38.3 Å². The fraction of sp³-hybridized carbons (Fsp3) is 0.333. The number of hydrogen-bond donors (Lipinski definition) is 1. The highest BCUT2D eigenvalue weighted by atomic mass is 35.5. The highest BCUT2D eigenvalue weighted by Gasteiger charge is 2.33. The van der Waals surface area contributed by atoms with E-state index in [2.05, 4.69) is 5.32 Å². The van der Waals surface area contributed by atoms with Crippen molar-refractivity contribution in [1.29, 1.82) is 0 Å². The molecule has 0 saturated heterocycles. The summed E-state index contributed by atoms with van der Waals surface area (Å²) in [7, 11) is 1.41. The smallest absolute Gasteiger partial charge is 0.417 e. The highest BCUT2D eigenvalue weighted by molar-refractivity contribution is 6.31. The van der Waals surface area contributed by atoms with Crippen molar-refractivity contribution >= 4 is 29.2 Å². The maximum Gasteiger partial charge on any atom is 0.417 e. The predicted molar refractivity (Wildman–Crippen MR) is 109 cm³/mol. The van der Waals surface area contributed by atoms with Gasteiger partial charge >= 0.3 is 12.1 Å². The van der Waals surface area contributed by atoms with Crippen molar-refractivity contribution in [2.75, 3.05) is 12.4 Å². The third-order valence-corrected chi connectivity index (χ3v) is 4.28. The van der Waals surface area contributed by atoms with Crippen molar-refractivity contribution in [3.05, 3.63) is 52.5 Å². The van der Waals surface area contributed by atoms with Gasteiger partial charge in [0.1, 0.15) is 0 Å². The number of carbonyl (C=O) groups excluding carboxylic acids is 2. The van der Waals surface area contributed by atoms with Crippen LogP contribution in [0.4, 0.5) is 18.9 Å². The lowest BCUT2D eigenvalue weighted by molar-refractivity contribution is -0.137. The first-order chi connectivity index (χ1) is 14.4. The maximum absolute atomic E-state index is 13.0. The minimum Gasteiger partial charge on any atom is -0.493 e. The minimum atomic E-state index is -4.68. The molecule has 0 aliphatic carbocycles. The predicted octanol–water partition coefficient (Wildman–Crippen LogP) is 5.34. The number of hydrogen-bond acceptors (Lipinski definition) is 5. The van der Waals surface area contributed by atoms with Crippen LogP contribution in [0.3, 0.4) is 0 Å². The molecule has 1 atom stereocenters. The lowest BCUT2D eigenvalue weighted by atomic mass is 10.2. The van der Waals surface area contributed by atoms with Crippen LogP contribution in [0.15, 0.2) is 36.4 Å². The summed E-state index contributed by atoms with van der Waals surface area (Å²) in [6, 6.07) is 7.31. The molecule has 0 radical (unpaired) electrons. The van der Waals surface area contributed by atoms with E-state index in [4.69, 9.17) is 25.8 Å². The van der Waals surface area contributed by atoms with Crippen LogP contribution >= 0.6 is 11.6 Å². The summed E-state index contributed by atoms with van der Waals surface area (Å²) in [5.74, 6) is -0.885. The zero-order valence-corrected chi connectivity index (χ0v) is 17.9. The van der Waals surface area contributed by atoms with Crippen molar-refractivity contribution in [1.82, 2.24) is 0 Å². The summed E-state index contributed by atoms with van der Waals surface area (Å²) in [4.78, 5) is 24.7. The summed E-state index contributed by atoms with van der Waals surface area (Å²) in [6.07, 6.45) is -6.07. The monoisotopic (exact) mass is 459 g/mol. The fourth-order valence-electron chi connectivity index (χ4n) is 2.49. The summed E-state index contributed by atoms with van der Waals surface area (Å²) < 4.78 is 54.8. The number of ether oxygens (including phenoxy) is 3. The molecule has 168 valence electrons. The quantitative estimate of drug-likeness (QED) is 0.566. The van der Waals surface area contributed by atoms with Crippen molar-refractivity contribution in [2.24, 2.45) is 0 Å². The third kappa shape index (κ3) is 6.52. The zero-order valence-electron chi connectivity index (χ0n) is 17.2. The molecule has 0 saturated carbocycles. The van der Waals surface area contributed by atoms with Gasteiger partial charge in [-0.1, -0.05) is 11.6 Å². The van der Waals surface area contributed by atoms with Gasteiger partial charge < -0.3 is 19.5 Å². The Morgan fingerprint density at radius 3 is 2.29 bits per heavy atom. The molecule has 2 rings (SSSR count). The van der Waals surface area contributed by atoms with Crippen LogP contribution < -0.4 is 14.8 Å². The molecule has 6 nitrogen and oxygen atoms in total. The van der Waals surface area contributed by atoms with Gasteiger partial charge in [0, 0.05) is 5.69 Å². The van der Waals surface area contributed by atoms with Crippen LogP contribution in [-0.2, 0) is 15.7 Å². The zero-order chi connectivity index (χ0) is 23.3. The number of carbonyl (C=O) groups is 2. The molecule has 10 heteroatoms. The number of anilines is 1. The number of benzene rings is 2. The van der Waals surface area contributed by atoms with Crippen molar-refractivity contribution in [3.63, 3.8) is 0 Å². The molecular weight excluding hydrogens is 439 g/mol. The Bertz CT molecular complexity index is 963. The van der Waals surface area contributed by atoms with Gasteiger partial charge in [0.2, 0.25) is 0 Å². The number of nitrogens with one attached hydrogen (secondary N) is 1. The molecule has 0 aliphatic rings. The van der Waals surface area contributed by atoms with Crippen molar-refractivity contribution < 1.29 is 37.0 Å². The first-order valence-electron chi connectivity index (χ1n) is 9.15. The van der Waals surface area contributed by atoms with E-state index < -0.39 is 34.7 Å². The van der Waals surface area contributed by atoms with E-state index in [-0.39, 0.29) is 17.4 Å². The van der Waals surface area contributed by atoms with E-state index in [1.807, 2.05) is 13.8 Å². The van der Waals surface area contributed by atoms with Crippen LogP contribution in [-0.4, -0.2) is 31.2 Å². The summed E-state index contributed by atoms with van der Waals surface area (Å²) in [5, 5.41) is 1.78. The molecule has 2 aromatic carbocycles. The Labute approximate surface area is 182 Å². The van der Waals surface area contributed by atoms with Gasteiger partial charge in [-0.2, -0.15) is 13.2 Å². The molecule has 1 unspecified atom stereocenters. The normalized spacial score (nSPS) is 12.3. The first kappa shape index (κ1) is 24.3. The second kappa shape index (κ2) is 9.91. The average Bonchev–Trinajstić information content (AvgIpc) is 2.68. The van der Waals surface area contributed by atoms with E-state index in [9.17, 15) is 22.8 Å². The Hall–Kier alpha value is -2.94. The van der Waals surface area contributed by atoms with Crippen LogP contribution in [0.25, 0.3) is 0 Å². The molecular formula is C21H21ClF3NO5. The lowest BCUT2D eigenvalue weighted by Gasteiger charge is -2.16. The molecule has 0 heterocycles. The second-order valence-corrected chi connectivity index (χ2v) is 7.17. The topological polar surface area (TPSA) is 73.9 Å². The van der Waals surface area contributed by atoms with E-state index >= 15 is 0 Å². The summed E-state index contributed by atoms with van der Waals surface area (Å²) in [6.45, 7) is 4.96. The van der Waals surface area contributed by atoms with Gasteiger partial charge in [-0.05, 0) is 57.2 Å². The van der Waals surface area contributed by atoms with Crippen molar-refractivity contribution in [3.8, 4) is 11.5 Å². The third-order valence-electron chi connectivity index (χ3n) is 3.95. The van der Waals surface area contributed by atoms with Crippen molar-refractivity contribution in [2.45, 2.75) is 39.2 Å². The largest absolute Gasteiger partial charge is 0.493 e. The number of rotatable bonds is 7. The van der Waals surface area contributed by atoms with Gasteiger partial charge in [0.25, 0.3) is 5.91 Å². The Kier molecular flexibility index (Phi) is 7.78. The van der Waals surface area contributed by atoms with Gasteiger partial charge in [0.05, 0.1) is 29.4 Å². The first-order valence-corrected chi connectivity index (χ1v) is 9.53. The lowest BCUT2D eigenvalue weighted by Crippen LogP contribution is -2.30. The minimum absolute atomic E-state index is 0.110. The molecule has 0 aromatic heterocycles. The van der Waals surface area contributed by atoms with Crippen LogP contribution in [0.1, 0.15) is 36.7 Å². The number of esters is 1. The highest BCUT2D eigenvalue weighted by Crippen LogP contribution is 2.36. The molecule has 2 aromatic rings. The van der Waals surface area contributed by atoms with E-state index in [1.54, 1.807) is 0 Å². The van der Waals surface area contributed by atoms with Gasteiger partial charge in [0.15, 0.2) is 17.6 Å². The molecule has 1 amide bonds. The molecule has 31 heavy (non-hydrogen) atoms. The fourth-order valence-corrected chi connectivity index (χ4v) is 2.72. The number of amides is 1. The number of halogens is 4. The van der Waals surface area contributed by atoms with E-state index in [0.717, 1.165) is 6.07 Å². The molecule has 0 fully saturated rings. The van der Waals surface area contributed by atoms with Gasteiger partial charge in [-0.25, -0.2) is 4.79 Å². The van der Waals surface area contributed by atoms with Gasteiger partial charge in [-0.15, -0.1) is 0 Å².